The van der Waals surface area contributed by atoms with E-state index in [9.17, 15) is 35.9 Å². The van der Waals surface area contributed by atoms with Crippen molar-refractivity contribution in [2.45, 2.75) is 51.0 Å². The summed E-state index contributed by atoms with van der Waals surface area (Å²) in [5, 5.41) is 0. The maximum absolute atomic E-state index is 13.9. The van der Waals surface area contributed by atoms with Crippen LogP contribution < -0.4 is 10.6 Å². The average molecular weight is 489 g/mol. The van der Waals surface area contributed by atoms with Crippen LogP contribution in [0.1, 0.15) is 36.3 Å². The van der Waals surface area contributed by atoms with Crippen molar-refractivity contribution in [1.29, 1.82) is 0 Å². The summed E-state index contributed by atoms with van der Waals surface area (Å²) >= 11 is 0. The summed E-state index contributed by atoms with van der Waals surface area (Å²) in [6.07, 6.45) is -4.59. The standard InChI is InChI=1S/C21H21F6N5O2/c22-13-9-15(24)14(23)7-11(13)6-12(28)8-18(34)30-4-5-31-16(10-30)19(29-20(31)21(25,26)27)32-3-1-2-17(32)33/h7,9,12H,1-6,8,10,28H2/t12-/m1/s1. The van der Waals surface area contributed by atoms with Gasteiger partial charge in [0.05, 0.1) is 12.2 Å². The van der Waals surface area contributed by atoms with Crippen LogP contribution in [0.4, 0.5) is 32.2 Å². The highest BCUT2D eigenvalue weighted by Gasteiger charge is 2.42. The molecule has 1 aromatic heterocycles. The average Bonchev–Trinajstić information content (AvgIpc) is 3.34. The van der Waals surface area contributed by atoms with Gasteiger partial charge in [0.15, 0.2) is 17.5 Å². The molecule has 1 saturated heterocycles. The molecule has 4 rings (SSSR count). The topological polar surface area (TPSA) is 84.5 Å². The van der Waals surface area contributed by atoms with E-state index < -0.39 is 41.4 Å². The van der Waals surface area contributed by atoms with Crippen molar-refractivity contribution < 1.29 is 35.9 Å². The number of hydrogen-bond acceptors (Lipinski definition) is 4. The zero-order chi connectivity index (χ0) is 24.8. The molecular formula is C21H21F6N5O2. The molecule has 2 aliphatic rings. The summed E-state index contributed by atoms with van der Waals surface area (Å²) in [6.45, 7) is -0.213. The summed E-state index contributed by atoms with van der Waals surface area (Å²) in [5.74, 6) is -5.67. The first-order chi connectivity index (χ1) is 16.0. The molecule has 7 nitrogen and oxygen atoms in total. The first kappa shape index (κ1) is 24.0. The van der Waals surface area contributed by atoms with Gasteiger partial charge in [-0.05, 0) is 24.5 Å². The molecule has 34 heavy (non-hydrogen) atoms. The number of amides is 2. The van der Waals surface area contributed by atoms with Gasteiger partial charge in [-0.25, -0.2) is 18.2 Å². The first-order valence-corrected chi connectivity index (χ1v) is 10.6. The van der Waals surface area contributed by atoms with E-state index in [1.54, 1.807) is 0 Å². The minimum Gasteiger partial charge on any atom is -0.335 e. The predicted molar refractivity (Wildman–Crippen MR) is 107 cm³/mol. The fourth-order valence-electron chi connectivity index (χ4n) is 4.30. The molecule has 1 fully saturated rings. The highest BCUT2D eigenvalue weighted by Crippen LogP contribution is 2.36. The van der Waals surface area contributed by atoms with E-state index >= 15 is 0 Å². The zero-order valence-electron chi connectivity index (χ0n) is 17.8. The maximum Gasteiger partial charge on any atom is 0.449 e. The van der Waals surface area contributed by atoms with Gasteiger partial charge in [-0.3, -0.25) is 14.5 Å². The number of aromatic nitrogens is 2. The van der Waals surface area contributed by atoms with Crippen molar-refractivity contribution in [1.82, 2.24) is 14.5 Å². The number of nitrogens with zero attached hydrogens (tertiary/aromatic N) is 4. The molecule has 2 N–H and O–H groups in total. The van der Waals surface area contributed by atoms with Gasteiger partial charge in [-0.1, -0.05) is 0 Å². The molecule has 2 amide bonds. The first-order valence-electron chi connectivity index (χ1n) is 10.6. The second kappa shape index (κ2) is 8.93. The molecule has 0 bridgehead atoms. The number of alkyl halides is 3. The number of carbonyl (C=O) groups is 2. The molecule has 13 heteroatoms. The van der Waals surface area contributed by atoms with Gasteiger partial charge in [-0.15, -0.1) is 0 Å². The van der Waals surface area contributed by atoms with Gasteiger partial charge in [0.1, 0.15) is 5.82 Å². The van der Waals surface area contributed by atoms with Crippen LogP contribution in [0.15, 0.2) is 12.1 Å². The molecule has 0 unspecified atom stereocenters. The largest absolute Gasteiger partial charge is 0.449 e. The zero-order valence-corrected chi connectivity index (χ0v) is 17.8. The summed E-state index contributed by atoms with van der Waals surface area (Å²) in [6, 6.07) is 0.126. The summed E-state index contributed by atoms with van der Waals surface area (Å²) in [4.78, 5) is 31.1. The van der Waals surface area contributed by atoms with Crippen molar-refractivity contribution >= 4 is 17.6 Å². The van der Waals surface area contributed by atoms with E-state index in [1.165, 1.54) is 9.80 Å². The van der Waals surface area contributed by atoms with Gasteiger partial charge in [0.25, 0.3) is 0 Å². The number of benzene rings is 1. The predicted octanol–water partition coefficient (Wildman–Crippen LogP) is 2.75. The smallest absolute Gasteiger partial charge is 0.335 e. The monoisotopic (exact) mass is 489 g/mol. The number of nitrogens with two attached hydrogens (primary N) is 1. The lowest BCUT2D eigenvalue weighted by Crippen LogP contribution is -2.42. The molecular weight excluding hydrogens is 468 g/mol. The number of halogens is 6. The van der Waals surface area contributed by atoms with Gasteiger partial charge >= 0.3 is 6.18 Å². The Hall–Kier alpha value is -3.09. The Bertz CT molecular complexity index is 1130. The Kier molecular flexibility index (Phi) is 6.32. The van der Waals surface area contributed by atoms with E-state index in [1.807, 2.05) is 0 Å². The molecule has 0 aliphatic carbocycles. The fraction of sp³-hybridized carbons (Fsp3) is 0.476. The van der Waals surface area contributed by atoms with Crippen LogP contribution in [-0.4, -0.2) is 45.4 Å². The van der Waals surface area contributed by atoms with E-state index in [2.05, 4.69) is 4.98 Å². The molecule has 0 spiro atoms. The van der Waals surface area contributed by atoms with Crippen molar-refractivity contribution in [3.05, 3.63) is 46.7 Å². The van der Waals surface area contributed by atoms with Crippen LogP contribution in [0.5, 0.6) is 0 Å². The van der Waals surface area contributed by atoms with E-state index in [0.717, 1.165) is 4.57 Å². The third-order valence-corrected chi connectivity index (χ3v) is 5.93. The van der Waals surface area contributed by atoms with Crippen molar-refractivity contribution in [3.63, 3.8) is 0 Å². The Labute approximate surface area is 190 Å². The van der Waals surface area contributed by atoms with Crippen LogP contribution in [0.25, 0.3) is 0 Å². The molecule has 184 valence electrons. The Balaban J connectivity index is 1.51. The number of carbonyl (C=O) groups excluding carboxylic acids is 2. The van der Waals surface area contributed by atoms with Crippen LogP contribution in [-0.2, 0) is 35.3 Å². The minimum atomic E-state index is -4.74. The molecule has 2 aromatic rings. The maximum atomic E-state index is 13.9. The van der Waals surface area contributed by atoms with E-state index in [0.29, 0.717) is 18.6 Å². The van der Waals surface area contributed by atoms with Crippen LogP contribution in [0.3, 0.4) is 0 Å². The van der Waals surface area contributed by atoms with Crippen molar-refractivity contribution in [3.8, 4) is 0 Å². The van der Waals surface area contributed by atoms with Crippen LogP contribution in [0, 0.1) is 17.5 Å². The number of fused-ring (bicyclic) bond motifs is 1. The Morgan fingerprint density at radius 2 is 1.79 bits per heavy atom. The summed E-state index contributed by atoms with van der Waals surface area (Å²) in [7, 11) is 0. The third kappa shape index (κ3) is 4.61. The molecule has 0 radical (unpaired) electrons. The van der Waals surface area contributed by atoms with Gasteiger partial charge in [0.2, 0.25) is 17.6 Å². The van der Waals surface area contributed by atoms with Gasteiger partial charge in [0, 0.05) is 44.6 Å². The molecule has 1 aromatic carbocycles. The normalized spacial score (nSPS) is 17.3. The van der Waals surface area contributed by atoms with Gasteiger partial charge in [-0.2, -0.15) is 13.2 Å². The molecule has 3 heterocycles. The minimum absolute atomic E-state index is 0.0507. The van der Waals surface area contributed by atoms with Crippen molar-refractivity contribution in [2.75, 3.05) is 18.0 Å². The lowest BCUT2D eigenvalue weighted by molar-refractivity contribution is -0.148. The quantitative estimate of drug-likeness (QED) is 0.517. The number of anilines is 1. The van der Waals surface area contributed by atoms with E-state index in [-0.39, 0.29) is 68.4 Å². The number of rotatable bonds is 5. The second-order valence-electron chi connectivity index (χ2n) is 8.35. The highest BCUT2D eigenvalue weighted by atomic mass is 19.4. The molecule has 1 atom stereocenters. The SMILES string of the molecule is N[C@@H](CC(=O)N1CCn2c(C(F)(F)F)nc(N3CCCC3=O)c2C1)Cc1cc(F)c(F)cc1F. The molecule has 2 aliphatic heterocycles. The number of imidazole rings is 1. The van der Waals surface area contributed by atoms with Crippen LogP contribution >= 0.6 is 0 Å². The fourth-order valence-corrected chi connectivity index (χ4v) is 4.30. The third-order valence-electron chi connectivity index (χ3n) is 5.93. The molecule has 0 saturated carbocycles. The highest BCUT2D eigenvalue weighted by molar-refractivity contribution is 5.95. The Morgan fingerprint density at radius 1 is 1.09 bits per heavy atom. The van der Waals surface area contributed by atoms with E-state index in [4.69, 9.17) is 5.73 Å². The Morgan fingerprint density at radius 3 is 2.44 bits per heavy atom. The number of hydrogen-bond donors (Lipinski definition) is 1. The lowest BCUT2D eigenvalue weighted by atomic mass is 10.0. The van der Waals surface area contributed by atoms with Gasteiger partial charge < -0.3 is 15.2 Å². The lowest BCUT2D eigenvalue weighted by Gasteiger charge is -2.31. The van der Waals surface area contributed by atoms with Crippen molar-refractivity contribution in [2.24, 2.45) is 5.73 Å². The summed E-state index contributed by atoms with van der Waals surface area (Å²) < 4.78 is 82.0. The van der Waals surface area contributed by atoms with Crippen LogP contribution in [0.2, 0.25) is 0 Å². The summed E-state index contributed by atoms with van der Waals surface area (Å²) in [5.41, 5.74) is 5.83. The second-order valence-corrected chi connectivity index (χ2v) is 8.35.